The summed E-state index contributed by atoms with van der Waals surface area (Å²) >= 11 is 5.68. The molecule has 0 radical (unpaired) electrons. The van der Waals surface area contributed by atoms with E-state index in [0.717, 1.165) is 31.4 Å². The second-order valence-electron chi connectivity index (χ2n) is 5.08. The first-order chi connectivity index (χ1) is 9.17. The summed E-state index contributed by atoms with van der Waals surface area (Å²) in [5.41, 5.74) is 1.03. The number of halogens is 2. The average molecular weight is 286 g/mol. The van der Waals surface area contributed by atoms with Crippen LogP contribution in [0.25, 0.3) is 0 Å². The minimum Gasteiger partial charge on any atom is -0.314 e. The minimum absolute atomic E-state index is 0.206. The molecule has 0 aliphatic carbocycles. The first kappa shape index (κ1) is 16.5. The predicted molar refractivity (Wildman–Crippen MR) is 81.3 cm³/mol. The average Bonchev–Trinajstić information content (AvgIpc) is 2.40. The molecule has 0 saturated heterocycles. The van der Waals surface area contributed by atoms with Crippen LogP contribution in [0, 0.1) is 5.82 Å². The van der Waals surface area contributed by atoms with E-state index in [0.29, 0.717) is 6.04 Å². The highest BCUT2D eigenvalue weighted by molar-refractivity contribution is 6.30. The van der Waals surface area contributed by atoms with Gasteiger partial charge >= 0.3 is 0 Å². The first-order valence-corrected chi connectivity index (χ1v) is 7.72. The van der Waals surface area contributed by atoms with Crippen LogP contribution in [-0.2, 0) is 6.42 Å². The third-order valence-corrected chi connectivity index (χ3v) is 3.63. The fourth-order valence-corrected chi connectivity index (χ4v) is 2.41. The molecule has 0 amide bonds. The van der Waals surface area contributed by atoms with Gasteiger partial charge in [0.2, 0.25) is 0 Å². The Morgan fingerprint density at radius 3 is 2.63 bits per heavy atom. The Morgan fingerprint density at radius 1 is 1.21 bits per heavy atom. The molecule has 0 heterocycles. The SMILES string of the molecule is CCCNC(CCC)CCCc1ccc(Cl)c(F)c1. The zero-order chi connectivity index (χ0) is 14.1. The van der Waals surface area contributed by atoms with Crippen LogP contribution in [-0.4, -0.2) is 12.6 Å². The third kappa shape index (κ3) is 6.40. The number of aryl methyl sites for hydroxylation is 1. The van der Waals surface area contributed by atoms with Crippen LogP contribution in [0.1, 0.15) is 51.5 Å². The van der Waals surface area contributed by atoms with Crippen molar-refractivity contribution >= 4 is 11.6 Å². The quantitative estimate of drug-likeness (QED) is 0.675. The van der Waals surface area contributed by atoms with Gasteiger partial charge in [-0.25, -0.2) is 4.39 Å². The normalized spacial score (nSPS) is 12.6. The van der Waals surface area contributed by atoms with E-state index in [2.05, 4.69) is 19.2 Å². The second kappa shape index (κ2) is 9.33. The van der Waals surface area contributed by atoms with Crippen LogP contribution >= 0.6 is 11.6 Å². The van der Waals surface area contributed by atoms with E-state index in [1.165, 1.54) is 19.3 Å². The van der Waals surface area contributed by atoms with Gasteiger partial charge in [0.05, 0.1) is 5.02 Å². The van der Waals surface area contributed by atoms with E-state index in [9.17, 15) is 4.39 Å². The Bertz CT molecular complexity index is 368. The van der Waals surface area contributed by atoms with Crippen LogP contribution < -0.4 is 5.32 Å². The Kier molecular flexibility index (Phi) is 8.08. The zero-order valence-electron chi connectivity index (χ0n) is 12.0. The molecule has 1 rings (SSSR count). The van der Waals surface area contributed by atoms with E-state index in [1.807, 2.05) is 6.07 Å². The minimum atomic E-state index is -0.312. The zero-order valence-corrected chi connectivity index (χ0v) is 12.8. The van der Waals surface area contributed by atoms with Crippen LogP contribution in [0.4, 0.5) is 4.39 Å². The van der Waals surface area contributed by atoms with Crippen molar-refractivity contribution in [2.24, 2.45) is 0 Å². The molecule has 1 aromatic carbocycles. The molecule has 1 unspecified atom stereocenters. The lowest BCUT2D eigenvalue weighted by Crippen LogP contribution is -2.29. The number of rotatable bonds is 9. The first-order valence-electron chi connectivity index (χ1n) is 7.34. The largest absolute Gasteiger partial charge is 0.314 e. The topological polar surface area (TPSA) is 12.0 Å². The number of hydrogen-bond acceptors (Lipinski definition) is 1. The second-order valence-corrected chi connectivity index (χ2v) is 5.49. The molecule has 1 nitrogen and oxygen atoms in total. The summed E-state index contributed by atoms with van der Waals surface area (Å²) in [5.74, 6) is -0.312. The van der Waals surface area contributed by atoms with Crippen molar-refractivity contribution in [3.05, 3.63) is 34.6 Å². The summed E-state index contributed by atoms with van der Waals surface area (Å²) in [7, 11) is 0. The highest BCUT2D eigenvalue weighted by Crippen LogP contribution is 2.17. The van der Waals surface area contributed by atoms with Gasteiger partial charge in [-0.1, -0.05) is 37.9 Å². The molecule has 1 N–H and O–H groups in total. The highest BCUT2D eigenvalue weighted by atomic mass is 35.5. The molecule has 1 aromatic rings. The molecule has 19 heavy (non-hydrogen) atoms. The van der Waals surface area contributed by atoms with E-state index >= 15 is 0 Å². The smallest absolute Gasteiger partial charge is 0.142 e. The van der Waals surface area contributed by atoms with Crippen molar-refractivity contribution in [3.63, 3.8) is 0 Å². The van der Waals surface area contributed by atoms with Crippen LogP contribution in [0.5, 0.6) is 0 Å². The lowest BCUT2D eigenvalue weighted by molar-refractivity contribution is 0.437. The summed E-state index contributed by atoms with van der Waals surface area (Å²) in [6.07, 6.45) is 6.75. The molecule has 0 aliphatic rings. The molecule has 108 valence electrons. The Hall–Kier alpha value is -0.600. The summed E-state index contributed by atoms with van der Waals surface area (Å²) in [6.45, 7) is 5.49. The van der Waals surface area contributed by atoms with Crippen LogP contribution in [0.2, 0.25) is 5.02 Å². The summed E-state index contributed by atoms with van der Waals surface area (Å²) < 4.78 is 13.3. The molecular formula is C16H25ClFN. The number of benzene rings is 1. The van der Waals surface area contributed by atoms with Crippen LogP contribution in [0.15, 0.2) is 18.2 Å². The molecule has 3 heteroatoms. The van der Waals surface area contributed by atoms with Crippen molar-refractivity contribution in [2.75, 3.05) is 6.54 Å². The Labute approximate surface area is 121 Å². The van der Waals surface area contributed by atoms with E-state index in [-0.39, 0.29) is 10.8 Å². The van der Waals surface area contributed by atoms with Crippen LogP contribution in [0.3, 0.4) is 0 Å². The third-order valence-electron chi connectivity index (χ3n) is 3.32. The van der Waals surface area contributed by atoms with Crippen molar-refractivity contribution in [1.82, 2.24) is 5.32 Å². The molecular weight excluding hydrogens is 261 g/mol. The fraction of sp³-hybridized carbons (Fsp3) is 0.625. The monoisotopic (exact) mass is 285 g/mol. The summed E-state index contributed by atoms with van der Waals surface area (Å²) in [4.78, 5) is 0. The lowest BCUT2D eigenvalue weighted by Gasteiger charge is -2.17. The Morgan fingerprint density at radius 2 is 2.00 bits per heavy atom. The Balaban J connectivity index is 2.35. The molecule has 0 aromatic heterocycles. The lowest BCUT2D eigenvalue weighted by atomic mass is 10.0. The van der Waals surface area contributed by atoms with Gasteiger partial charge in [0.15, 0.2) is 0 Å². The van der Waals surface area contributed by atoms with Gasteiger partial charge in [0, 0.05) is 6.04 Å². The molecule has 0 bridgehead atoms. The maximum atomic E-state index is 13.3. The van der Waals surface area contributed by atoms with Gasteiger partial charge in [-0.15, -0.1) is 0 Å². The maximum absolute atomic E-state index is 13.3. The van der Waals surface area contributed by atoms with Crippen molar-refractivity contribution in [2.45, 2.75) is 58.4 Å². The molecule has 1 atom stereocenters. The fourth-order valence-electron chi connectivity index (χ4n) is 2.29. The number of nitrogens with one attached hydrogen (secondary N) is 1. The van der Waals surface area contributed by atoms with Crippen molar-refractivity contribution in [3.8, 4) is 0 Å². The highest BCUT2D eigenvalue weighted by Gasteiger charge is 2.07. The molecule has 0 aliphatic heterocycles. The van der Waals surface area contributed by atoms with E-state index in [1.54, 1.807) is 12.1 Å². The van der Waals surface area contributed by atoms with E-state index < -0.39 is 0 Å². The van der Waals surface area contributed by atoms with Crippen molar-refractivity contribution < 1.29 is 4.39 Å². The predicted octanol–water partition coefficient (Wildman–Crippen LogP) is 4.97. The van der Waals surface area contributed by atoms with Gasteiger partial charge in [-0.3, -0.25) is 0 Å². The van der Waals surface area contributed by atoms with Gasteiger partial charge in [0.1, 0.15) is 5.82 Å². The molecule has 0 saturated carbocycles. The van der Waals surface area contributed by atoms with Gasteiger partial charge in [-0.05, 0) is 56.3 Å². The summed E-state index contributed by atoms with van der Waals surface area (Å²) in [6, 6.07) is 5.71. The molecule has 0 spiro atoms. The van der Waals surface area contributed by atoms with Gasteiger partial charge in [-0.2, -0.15) is 0 Å². The van der Waals surface area contributed by atoms with Gasteiger partial charge < -0.3 is 5.32 Å². The summed E-state index contributed by atoms with van der Waals surface area (Å²) in [5, 5.41) is 3.79. The standard InChI is InChI=1S/C16H25ClFN/c1-3-6-14(19-11-4-2)8-5-7-13-9-10-15(17)16(18)12-13/h9-10,12,14,19H,3-8,11H2,1-2H3. The maximum Gasteiger partial charge on any atom is 0.142 e. The number of hydrogen-bond donors (Lipinski definition) is 1. The van der Waals surface area contributed by atoms with E-state index in [4.69, 9.17) is 11.6 Å². The van der Waals surface area contributed by atoms with Crippen molar-refractivity contribution in [1.29, 1.82) is 0 Å². The van der Waals surface area contributed by atoms with Gasteiger partial charge in [0.25, 0.3) is 0 Å². The molecule has 0 fully saturated rings.